The number of rotatable bonds is 13. The van der Waals surface area contributed by atoms with Gasteiger partial charge in [0, 0.05) is 36.1 Å². The number of carbonyl (C=O) groups excluding carboxylic acids is 1. The van der Waals surface area contributed by atoms with Crippen molar-refractivity contribution < 1.29 is 17.9 Å². The van der Waals surface area contributed by atoms with E-state index < -0.39 is 15.9 Å². The lowest BCUT2D eigenvalue weighted by atomic mass is 10.1. The van der Waals surface area contributed by atoms with Gasteiger partial charge in [-0.15, -0.1) is 0 Å². The zero-order valence-corrected chi connectivity index (χ0v) is 25.3. The lowest BCUT2D eigenvalue weighted by molar-refractivity contribution is -0.112. The molecule has 0 spiro atoms. The van der Waals surface area contributed by atoms with Gasteiger partial charge in [-0.2, -0.15) is 14.7 Å². The molecule has 0 radical (unpaired) electrons. The largest absolute Gasteiger partial charge is 0.494 e. The van der Waals surface area contributed by atoms with Crippen LogP contribution < -0.4 is 10.1 Å². The number of nitrogens with zero attached hydrogens (tertiary/aromatic N) is 4. The van der Waals surface area contributed by atoms with E-state index in [1.807, 2.05) is 57.2 Å². The van der Waals surface area contributed by atoms with Crippen LogP contribution in [-0.4, -0.2) is 48.1 Å². The zero-order chi connectivity index (χ0) is 30.8. The summed E-state index contributed by atoms with van der Waals surface area (Å²) in [7, 11) is -3.74. The van der Waals surface area contributed by atoms with Crippen molar-refractivity contribution >= 4 is 27.7 Å². The molecule has 10 heteroatoms. The maximum absolute atomic E-state index is 13.5. The summed E-state index contributed by atoms with van der Waals surface area (Å²) in [5.41, 5.74) is 2.59. The number of amides is 1. The zero-order valence-electron chi connectivity index (χ0n) is 24.5. The molecule has 0 atom stereocenters. The van der Waals surface area contributed by atoms with Crippen molar-refractivity contribution in [1.29, 1.82) is 5.26 Å². The Morgan fingerprint density at radius 1 is 1.00 bits per heavy atom. The monoisotopic (exact) mass is 597 g/mol. The molecule has 0 saturated heterocycles. The Labute approximate surface area is 253 Å². The van der Waals surface area contributed by atoms with Crippen LogP contribution >= 0.6 is 0 Å². The summed E-state index contributed by atoms with van der Waals surface area (Å²) in [6.45, 7) is 7.15. The summed E-state index contributed by atoms with van der Waals surface area (Å²) in [6.07, 6.45) is 4.58. The van der Waals surface area contributed by atoms with E-state index in [-0.39, 0.29) is 10.5 Å². The Hall–Kier alpha value is -4.72. The first-order valence-electron chi connectivity index (χ1n) is 14.2. The lowest BCUT2D eigenvalue weighted by Crippen LogP contribution is -2.32. The van der Waals surface area contributed by atoms with Gasteiger partial charge in [-0.1, -0.05) is 44.2 Å². The Morgan fingerprint density at radius 2 is 1.70 bits per heavy atom. The van der Waals surface area contributed by atoms with Crippen LogP contribution in [0.5, 0.6) is 5.75 Å². The van der Waals surface area contributed by atoms with Gasteiger partial charge in [0.05, 0.1) is 17.2 Å². The number of para-hydroxylation sites is 1. The van der Waals surface area contributed by atoms with Gasteiger partial charge in [-0.3, -0.25) is 4.79 Å². The lowest BCUT2D eigenvalue weighted by Gasteiger charge is -2.21. The molecule has 0 unspecified atom stereocenters. The van der Waals surface area contributed by atoms with Crippen molar-refractivity contribution in [3.8, 4) is 28.8 Å². The molecule has 1 amide bonds. The van der Waals surface area contributed by atoms with E-state index in [0.717, 1.165) is 5.69 Å². The van der Waals surface area contributed by atoms with Crippen LogP contribution in [0.4, 0.5) is 5.69 Å². The fourth-order valence-electron chi connectivity index (χ4n) is 4.54. The van der Waals surface area contributed by atoms with Crippen LogP contribution in [0.2, 0.25) is 0 Å². The van der Waals surface area contributed by atoms with Crippen LogP contribution in [0.25, 0.3) is 23.0 Å². The third-order valence-electron chi connectivity index (χ3n) is 6.54. The van der Waals surface area contributed by atoms with Gasteiger partial charge in [0.2, 0.25) is 10.0 Å². The summed E-state index contributed by atoms with van der Waals surface area (Å²) in [5, 5.41) is 17.4. The van der Waals surface area contributed by atoms with Gasteiger partial charge in [-0.05, 0) is 74.4 Å². The SMILES string of the molecule is CCCN(CCC)S(=O)(=O)c1cccc(-c2nn(-c3ccccc3)cc2C=C(C#N)C(=O)Nc2ccc(OCC)cc2)c1. The number of carbonyl (C=O) groups is 1. The molecule has 0 saturated carbocycles. The van der Waals surface area contributed by atoms with E-state index in [9.17, 15) is 18.5 Å². The smallest absolute Gasteiger partial charge is 0.266 e. The summed E-state index contributed by atoms with van der Waals surface area (Å²) in [5.74, 6) is 0.0856. The van der Waals surface area contributed by atoms with Crippen LogP contribution in [0.15, 0.2) is 95.5 Å². The molecule has 3 aromatic carbocycles. The number of aromatic nitrogens is 2. The molecule has 4 rings (SSSR count). The molecule has 222 valence electrons. The fourth-order valence-corrected chi connectivity index (χ4v) is 6.21. The van der Waals surface area contributed by atoms with Gasteiger partial charge in [0.1, 0.15) is 23.1 Å². The number of nitriles is 1. The Morgan fingerprint density at radius 3 is 2.33 bits per heavy atom. The van der Waals surface area contributed by atoms with Crippen molar-refractivity contribution in [3.63, 3.8) is 0 Å². The number of nitrogens with one attached hydrogen (secondary N) is 1. The highest BCUT2D eigenvalue weighted by Gasteiger charge is 2.24. The molecule has 0 bridgehead atoms. The fraction of sp³-hybridized carbons (Fsp3) is 0.242. The van der Waals surface area contributed by atoms with E-state index in [4.69, 9.17) is 9.84 Å². The van der Waals surface area contributed by atoms with E-state index in [0.29, 0.717) is 60.8 Å². The summed E-state index contributed by atoms with van der Waals surface area (Å²) >= 11 is 0. The number of hydrogen-bond donors (Lipinski definition) is 1. The maximum Gasteiger partial charge on any atom is 0.266 e. The topological polar surface area (TPSA) is 117 Å². The molecule has 9 nitrogen and oxygen atoms in total. The molecule has 1 heterocycles. The Balaban J connectivity index is 1.75. The van der Waals surface area contributed by atoms with Crippen molar-refractivity contribution in [1.82, 2.24) is 14.1 Å². The van der Waals surface area contributed by atoms with E-state index in [1.165, 1.54) is 10.4 Å². The second-order valence-corrected chi connectivity index (χ2v) is 11.7. The molecule has 0 aliphatic heterocycles. The second-order valence-electron chi connectivity index (χ2n) is 9.73. The molecule has 0 aliphatic carbocycles. The third-order valence-corrected chi connectivity index (χ3v) is 8.44. The molecule has 0 aliphatic rings. The highest BCUT2D eigenvalue weighted by Crippen LogP contribution is 2.29. The number of benzene rings is 3. The number of hydrogen-bond acceptors (Lipinski definition) is 6. The van der Waals surface area contributed by atoms with Crippen molar-refractivity contribution in [3.05, 3.63) is 96.2 Å². The molecule has 0 fully saturated rings. The average molecular weight is 598 g/mol. The van der Waals surface area contributed by atoms with Crippen molar-refractivity contribution in [2.24, 2.45) is 0 Å². The Bertz CT molecular complexity index is 1720. The number of sulfonamides is 1. The predicted octanol–water partition coefficient (Wildman–Crippen LogP) is 6.29. The third kappa shape index (κ3) is 7.57. The van der Waals surface area contributed by atoms with Gasteiger partial charge in [0.15, 0.2) is 0 Å². The summed E-state index contributed by atoms with van der Waals surface area (Å²) in [6, 6.07) is 24.9. The summed E-state index contributed by atoms with van der Waals surface area (Å²) < 4.78 is 35.7. The van der Waals surface area contributed by atoms with Gasteiger partial charge >= 0.3 is 0 Å². The second kappa shape index (κ2) is 14.4. The molecule has 1 aromatic heterocycles. The molecule has 4 aromatic rings. The number of ether oxygens (including phenoxy) is 1. The number of anilines is 1. The van der Waals surface area contributed by atoms with E-state index >= 15 is 0 Å². The highest BCUT2D eigenvalue weighted by molar-refractivity contribution is 7.89. The van der Waals surface area contributed by atoms with Crippen LogP contribution in [0.3, 0.4) is 0 Å². The molecular weight excluding hydrogens is 562 g/mol. The van der Waals surface area contributed by atoms with E-state index in [2.05, 4.69) is 5.32 Å². The van der Waals surface area contributed by atoms with Gasteiger partial charge in [-0.25, -0.2) is 13.1 Å². The normalized spacial score (nSPS) is 11.7. The predicted molar refractivity (Wildman–Crippen MR) is 168 cm³/mol. The van der Waals surface area contributed by atoms with Gasteiger partial charge in [0.25, 0.3) is 5.91 Å². The van der Waals surface area contributed by atoms with Gasteiger partial charge < -0.3 is 10.1 Å². The van der Waals surface area contributed by atoms with Crippen LogP contribution in [-0.2, 0) is 14.8 Å². The first kappa shape index (κ1) is 31.2. The minimum absolute atomic E-state index is 0.136. The molecule has 1 N–H and O–H groups in total. The van der Waals surface area contributed by atoms with Crippen molar-refractivity contribution in [2.45, 2.75) is 38.5 Å². The minimum atomic E-state index is -3.74. The van der Waals surface area contributed by atoms with Crippen molar-refractivity contribution in [2.75, 3.05) is 25.0 Å². The molecular formula is C33H35N5O4S. The van der Waals surface area contributed by atoms with Crippen LogP contribution in [0, 0.1) is 11.3 Å². The molecule has 43 heavy (non-hydrogen) atoms. The first-order chi connectivity index (χ1) is 20.8. The standard InChI is InChI=1S/C33H35N5O4S/c1-4-19-37(20-5-2)43(40,41)31-14-10-11-25(22-31)32-27(24-38(36-32)29-12-8-7-9-13-29)21-26(23-34)33(39)35-28-15-17-30(18-16-28)42-6-3/h7-18,21-22,24H,4-6,19-20H2,1-3H3,(H,35,39). The minimum Gasteiger partial charge on any atom is -0.494 e. The van der Waals surface area contributed by atoms with E-state index in [1.54, 1.807) is 59.4 Å². The maximum atomic E-state index is 13.5. The summed E-state index contributed by atoms with van der Waals surface area (Å²) in [4.78, 5) is 13.3. The average Bonchev–Trinajstić information content (AvgIpc) is 3.45. The first-order valence-corrected chi connectivity index (χ1v) is 15.7. The quantitative estimate of drug-likeness (QED) is 0.143. The Kier molecular flexibility index (Phi) is 10.5. The van der Waals surface area contributed by atoms with Crippen LogP contribution in [0.1, 0.15) is 39.2 Å². The highest BCUT2D eigenvalue weighted by atomic mass is 32.2.